The molecule has 564 valence electrons. The van der Waals surface area contributed by atoms with Gasteiger partial charge in [0.2, 0.25) is 0 Å². The van der Waals surface area contributed by atoms with Crippen molar-refractivity contribution in [3.8, 4) is 0 Å². The Morgan fingerprint density at radius 1 is 0.302 bits per heavy atom. The summed E-state index contributed by atoms with van der Waals surface area (Å²) in [7, 11) is -9.92. The monoisotopic (exact) mass is 1400 g/mol. The number of hydrogen-bond acceptors (Lipinski definition) is 15. The second-order valence-electron chi connectivity index (χ2n) is 26.6. The van der Waals surface area contributed by atoms with Crippen LogP contribution in [0.3, 0.4) is 0 Å². The Morgan fingerprint density at radius 3 is 0.833 bits per heavy atom. The van der Waals surface area contributed by atoms with E-state index in [0.29, 0.717) is 25.7 Å². The highest BCUT2D eigenvalue weighted by molar-refractivity contribution is 7.47. The van der Waals surface area contributed by atoms with Crippen molar-refractivity contribution in [2.24, 2.45) is 0 Å². The van der Waals surface area contributed by atoms with Crippen LogP contribution in [-0.2, 0) is 65.4 Å². The van der Waals surface area contributed by atoms with Crippen LogP contribution in [0.25, 0.3) is 0 Å². The van der Waals surface area contributed by atoms with Gasteiger partial charge in [-0.3, -0.25) is 37.3 Å². The Labute approximate surface area is 585 Å². The zero-order chi connectivity index (χ0) is 70.4. The van der Waals surface area contributed by atoms with E-state index in [1.54, 1.807) is 0 Å². The van der Waals surface area contributed by atoms with E-state index in [1.165, 1.54) is 161 Å². The molecule has 0 saturated carbocycles. The number of carbonyl (C=O) groups excluding carboxylic acids is 4. The molecule has 0 aromatic carbocycles. The van der Waals surface area contributed by atoms with E-state index in [0.717, 1.165) is 135 Å². The summed E-state index contributed by atoms with van der Waals surface area (Å²) in [4.78, 5) is 72.8. The molecular weight excluding hydrogens is 1260 g/mol. The summed E-state index contributed by atoms with van der Waals surface area (Å²) in [5.74, 6) is -2.14. The largest absolute Gasteiger partial charge is 0.472 e. The molecule has 5 atom stereocenters. The van der Waals surface area contributed by atoms with Crippen molar-refractivity contribution < 1.29 is 80.2 Å². The quantitative estimate of drug-likeness (QED) is 0.0169. The molecule has 5 unspecified atom stereocenters. The number of phosphoric ester groups is 2. The molecule has 0 heterocycles. The molecule has 0 bridgehead atoms. The summed E-state index contributed by atoms with van der Waals surface area (Å²) in [5, 5.41) is 10.6. The van der Waals surface area contributed by atoms with Crippen LogP contribution in [0, 0.1) is 0 Å². The topological polar surface area (TPSA) is 237 Å². The maximum atomic E-state index is 13.1. The Bertz CT molecular complexity index is 1970. The lowest BCUT2D eigenvalue weighted by Gasteiger charge is -2.21. The highest BCUT2D eigenvalue weighted by Gasteiger charge is 2.30. The predicted molar refractivity (Wildman–Crippen MR) is 391 cm³/mol. The fourth-order valence-corrected chi connectivity index (χ4v) is 12.8. The van der Waals surface area contributed by atoms with E-state index in [1.807, 2.05) is 0 Å². The number of aliphatic hydroxyl groups is 1. The van der Waals surface area contributed by atoms with Crippen molar-refractivity contribution >= 4 is 39.5 Å². The maximum absolute atomic E-state index is 13.1. The highest BCUT2D eigenvalue weighted by atomic mass is 31.2. The normalized spacial score (nSPS) is 14.1. The lowest BCUT2D eigenvalue weighted by atomic mass is 10.0. The number of rotatable bonds is 75. The minimum atomic E-state index is -4.96. The van der Waals surface area contributed by atoms with Crippen molar-refractivity contribution in [1.82, 2.24) is 0 Å². The van der Waals surface area contributed by atoms with Gasteiger partial charge in [-0.05, 0) is 57.8 Å². The van der Waals surface area contributed by atoms with Gasteiger partial charge >= 0.3 is 39.5 Å². The number of allylic oxidation sites excluding steroid dienone is 6. The minimum Gasteiger partial charge on any atom is -0.462 e. The van der Waals surface area contributed by atoms with Crippen LogP contribution in [0.4, 0.5) is 0 Å². The fourth-order valence-electron chi connectivity index (χ4n) is 11.2. The van der Waals surface area contributed by atoms with Crippen LogP contribution < -0.4 is 0 Å². The standard InChI is InChI=1S/C77H144O17P2/c1-5-9-13-17-21-25-29-32-34-35-37-40-43-46-50-54-58-62-75(80)87-67-72(93-76(81)63-59-55-51-47-41-28-24-20-16-12-8-4)69-91-95(83,84)89-65-71(78)66-90-96(85,86)92-70-73(94-77(82)64-60-56-52-48-44-38-31-27-23-19-15-11-7-3)68-88-74(79)61-57-53-49-45-42-39-36-33-30-26-22-18-14-10-6-2/h9,13,21,25,32,34,71-73,78H,5-8,10-12,14-20,22-24,26-31,33,35-70H2,1-4H3,(H,83,84)(H,85,86)/b13-9-,25-21-,34-32-. The van der Waals surface area contributed by atoms with Gasteiger partial charge in [0.15, 0.2) is 12.2 Å². The van der Waals surface area contributed by atoms with E-state index in [-0.39, 0.29) is 25.7 Å². The lowest BCUT2D eigenvalue weighted by molar-refractivity contribution is -0.161. The summed E-state index contributed by atoms with van der Waals surface area (Å²) < 4.78 is 68.5. The van der Waals surface area contributed by atoms with E-state index >= 15 is 0 Å². The molecule has 0 aliphatic rings. The van der Waals surface area contributed by atoms with Crippen molar-refractivity contribution in [2.75, 3.05) is 39.6 Å². The van der Waals surface area contributed by atoms with Crippen LogP contribution >= 0.6 is 15.6 Å². The van der Waals surface area contributed by atoms with Gasteiger partial charge in [0.25, 0.3) is 0 Å². The van der Waals surface area contributed by atoms with Gasteiger partial charge in [-0.25, -0.2) is 9.13 Å². The molecule has 0 aliphatic carbocycles. The van der Waals surface area contributed by atoms with Crippen molar-refractivity contribution in [3.05, 3.63) is 36.5 Å². The van der Waals surface area contributed by atoms with Gasteiger partial charge in [0, 0.05) is 25.7 Å². The summed E-state index contributed by atoms with van der Waals surface area (Å²) in [5.41, 5.74) is 0. The molecule has 0 rings (SSSR count). The van der Waals surface area contributed by atoms with Crippen molar-refractivity contribution in [1.29, 1.82) is 0 Å². The smallest absolute Gasteiger partial charge is 0.462 e. The molecule has 0 amide bonds. The SMILES string of the molecule is CC/C=C\C/C=C\C/C=C\CCCCCCCCCC(=O)OCC(COP(=O)(O)OCC(O)COP(=O)(O)OCC(COC(=O)CCCCCCCCCCCCCCCCC)OC(=O)CCCCCCCCCCCCCCC)OC(=O)CCCCCCCCCCCCC. The van der Waals surface area contributed by atoms with Gasteiger partial charge in [-0.15, -0.1) is 0 Å². The molecule has 0 aromatic heterocycles. The van der Waals surface area contributed by atoms with Gasteiger partial charge in [0.1, 0.15) is 19.3 Å². The predicted octanol–water partition coefficient (Wildman–Crippen LogP) is 22.3. The number of esters is 4. The second kappa shape index (κ2) is 70.7. The highest BCUT2D eigenvalue weighted by Crippen LogP contribution is 2.45. The fraction of sp³-hybridized carbons (Fsp3) is 0.870. The molecule has 96 heavy (non-hydrogen) atoms. The second-order valence-corrected chi connectivity index (χ2v) is 29.6. The maximum Gasteiger partial charge on any atom is 0.472 e. The zero-order valence-electron chi connectivity index (χ0n) is 61.6. The molecule has 0 aliphatic heterocycles. The molecule has 0 fully saturated rings. The van der Waals surface area contributed by atoms with E-state index in [4.69, 9.17) is 37.0 Å². The van der Waals surface area contributed by atoms with Gasteiger partial charge in [0.05, 0.1) is 26.4 Å². The molecule has 0 radical (unpaired) electrons. The molecule has 0 saturated heterocycles. The Balaban J connectivity index is 5.25. The Morgan fingerprint density at radius 2 is 0.542 bits per heavy atom. The summed E-state index contributed by atoms with van der Waals surface area (Å²) >= 11 is 0. The molecule has 3 N–H and O–H groups in total. The van der Waals surface area contributed by atoms with Crippen LogP contribution in [0.5, 0.6) is 0 Å². The Kier molecular flexibility index (Phi) is 68.7. The number of phosphoric acid groups is 2. The lowest BCUT2D eigenvalue weighted by Crippen LogP contribution is -2.30. The van der Waals surface area contributed by atoms with Crippen LogP contribution in [-0.4, -0.2) is 96.7 Å². The summed E-state index contributed by atoms with van der Waals surface area (Å²) in [6, 6.07) is 0. The van der Waals surface area contributed by atoms with Crippen LogP contribution in [0.15, 0.2) is 36.5 Å². The molecule has 17 nitrogen and oxygen atoms in total. The molecular formula is C77H144O17P2. The van der Waals surface area contributed by atoms with E-state index < -0.39 is 97.5 Å². The number of aliphatic hydroxyl groups excluding tert-OH is 1. The third-order valence-corrected chi connectivity index (χ3v) is 19.1. The van der Waals surface area contributed by atoms with E-state index in [9.17, 15) is 43.2 Å². The molecule has 0 aromatic rings. The third-order valence-electron chi connectivity index (χ3n) is 17.1. The molecule has 19 heteroatoms. The molecule has 0 spiro atoms. The number of carbonyl (C=O) groups is 4. The Hall–Kier alpha value is -2.72. The van der Waals surface area contributed by atoms with Gasteiger partial charge < -0.3 is 33.8 Å². The summed E-state index contributed by atoms with van der Waals surface area (Å²) in [6.45, 7) is 4.84. The minimum absolute atomic E-state index is 0.101. The number of ether oxygens (including phenoxy) is 4. The third kappa shape index (κ3) is 69.7. The summed E-state index contributed by atoms with van der Waals surface area (Å²) in [6.07, 6.45) is 65.5. The van der Waals surface area contributed by atoms with Gasteiger partial charge in [-0.2, -0.15) is 0 Å². The first kappa shape index (κ1) is 93.3. The first-order chi connectivity index (χ1) is 46.7. The van der Waals surface area contributed by atoms with Crippen LogP contribution in [0.2, 0.25) is 0 Å². The van der Waals surface area contributed by atoms with E-state index in [2.05, 4.69) is 64.2 Å². The number of hydrogen-bond donors (Lipinski definition) is 3. The first-order valence-corrected chi connectivity index (χ1v) is 42.2. The first-order valence-electron chi connectivity index (χ1n) is 39.2. The zero-order valence-corrected chi connectivity index (χ0v) is 63.4. The van der Waals surface area contributed by atoms with Crippen molar-refractivity contribution in [3.63, 3.8) is 0 Å². The average Bonchev–Trinajstić information content (AvgIpc) is 1.13. The van der Waals surface area contributed by atoms with Crippen LogP contribution in [0.1, 0.15) is 374 Å². The van der Waals surface area contributed by atoms with Crippen molar-refractivity contribution in [2.45, 2.75) is 393 Å². The average molecular weight is 1400 g/mol. The number of unbranched alkanes of at least 4 members (excludes halogenated alkanes) is 43. The van der Waals surface area contributed by atoms with Gasteiger partial charge in [-0.1, -0.05) is 327 Å².